The van der Waals surface area contributed by atoms with Gasteiger partial charge in [-0.3, -0.25) is 0 Å². The average Bonchev–Trinajstić information content (AvgIpc) is 3.31. The van der Waals surface area contributed by atoms with Crippen molar-refractivity contribution in [3.8, 4) is 0 Å². The number of carbonyl (C=O) groups excluding carboxylic acids is 1. The van der Waals surface area contributed by atoms with Crippen LogP contribution in [0.5, 0.6) is 0 Å². The van der Waals surface area contributed by atoms with Crippen molar-refractivity contribution >= 4 is 5.97 Å². The van der Waals surface area contributed by atoms with E-state index < -0.39 is 11.2 Å². The minimum atomic E-state index is -0.678. The molecule has 4 nitrogen and oxygen atoms in total. The predicted octanol–water partition coefficient (Wildman–Crippen LogP) is 3.20. The Morgan fingerprint density at radius 1 is 1.32 bits per heavy atom. The number of fused-ring (bicyclic) bond motifs is 5. The molecule has 131 valence electrons. The van der Waals surface area contributed by atoms with E-state index in [4.69, 9.17) is 14.2 Å². The van der Waals surface area contributed by atoms with Crippen LogP contribution in [-0.2, 0) is 58.3 Å². The summed E-state index contributed by atoms with van der Waals surface area (Å²) >= 11 is 0. The van der Waals surface area contributed by atoms with Gasteiger partial charge in [-0.05, 0) is 24.8 Å². The molecule has 0 aliphatic carbocycles. The van der Waals surface area contributed by atoms with Gasteiger partial charge in [0.05, 0.1) is 12.2 Å². The first-order valence-electron chi connectivity index (χ1n) is 8.71. The Labute approximate surface area is 174 Å². The maximum absolute atomic E-state index is 12.7. The fourth-order valence-electron chi connectivity index (χ4n) is 3.97. The monoisotopic (exact) mass is 416 g/mol. The zero-order valence-corrected chi connectivity index (χ0v) is 17.8. The summed E-state index contributed by atoms with van der Waals surface area (Å²) in [5, 5.41) is 0. The van der Waals surface area contributed by atoms with Crippen LogP contribution in [0, 0.1) is 12.0 Å². The van der Waals surface area contributed by atoms with Crippen LogP contribution < -0.4 is 0 Å². The molecule has 1 aromatic carbocycles. The van der Waals surface area contributed by atoms with Gasteiger partial charge in [-0.1, -0.05) is 50.6 Å². The van der Waals surface area contributed by atoms with Gasteiger partial charge in [0, 0.05) is 38.3 Å². The van der Waals surface area contributed by atoms with Crippen LogP contribution in [0.3, 0.4) is 0 Å². The fourth-order valence-corrected chi connectivity index (χ4v) is 3.97. The van der Waals surface area contributed by atoms with Gasteiger partial charge >= 0.3 is 0 Å². The van der Waals surface area contributed by atoms with Crippen LogP contribution in [-0.4, -0.2) is 29.4 Å². The second-order valence-electron chi connectivity index (χ2n) is 7.36. The van der Waals surface area contributed by atoms with Crippen LogP contribution in [0.2, 0.25) is 0 Å². The van der Waals surface area contributed by atoms with Gasteiger partial charge in [0.25, 0.3) is 0 Å². The van der Waals surface area contributed by atoms with Crippen molar-refractivity contribution in [1.29, 1.82) is 0 Å². The van der Waals surface area contributed by atoms with Crippen molar-refractivity contribution in [3.05, 3.63) is 47.5 Å². The number of esters is 1. The maximum atomic E-state index is 12.7. The topological polar surface area (TPSA) is 48.1 Å². The average molecular weight is 416 g/mol. The van der Waals surface area contributed by atoms with Crippen LogP contribution in [0.4, 0.5) is 0 Å². The quantitative estimate of drug-likeness (QED) is 0.406. The van der Waals surface area contributed by atoms with E-state index in [1.807, 2.05) is 37.3 Å². The molecule has 0 spiro atoms. The molecule has 1 radical (unpaired) electrons. The molecule has 4 rings (SSSR count). The maximum Gasteiger partial charge on any atom is 0.174 e. The first-order chi connectivity index (χ1) is 11.5. The third-order valence-corrected chi connectivity index (χ3v) is 5.45. The van der Waals surface area contributed by atoms with E-state index >= 15 is 0 Å². The van der Waals surface area contributed by atoms with Gasteiger partial charge in [-0.15, -0.1) is 5.57 Å². The molecule has 1 aromatic rings. The smallest absolute Gasteiger partial charge is 0.174 e. The van der Waals surface area contributed by atoms with E-state index in [2.05, 4.69) is 19.9 Å². The molecule has 2 fully saturated rings. The Hall–Kier alpha value is -0.546. The largest absolute Gasteiger partial charge is 0.543 e. The molecule has 0 aromatic heterocycles. The number of epoxide rings is 1. The van der Waals surface area contributed by atoms with Crippen molar-refractivity contribution in [2.75, 3.05) is 0 Å². The molecule has 0 N–H and O–H groups in total. The first kappa shape index (κ1) is 19.2. The Kier molecular flexibility index (Phi) is 5.29. The van der Waals surface area contributed by atoms with Gasteiger partial charge in [-0.25, -0.2) is 6.08 Å². The van der Waals surface area contributed by atoms with Crippen molar-refractivity contribution < 1.29 is 51.7 Å². The third kappa shape index (κ3) is 3.16. The number of benzene rings is 1. The van der Waals surface area contributed by atoms with Crippen LogP contribution >= 0.6 is 0 Å². The van der Waals surface area contributed by atoms with E-state index in [0.29, 0.717) is 11.5 Å². The molecule has 3 heterocycles. The Balaban J connectivity index is 0.00000182. The second-order valence-corrected chi connectivity index (χ2v) is 7.36. The molecular weight excluding hydrogens is 393 g/mol. The molecule has 3 aliphatic heterocycles. The van der Waals surface area contributed by atoms with Gasteiger partial charge in [0.1, 0.15) is 12.2 Å². The number of rotatable bonds is 6. The summed E-state index contributed by atoms with van der Waals surface area (Å²) in [4.78, 5) is 12.7. The number of hydrogen-bond acceptors (Lipinski definition) is 4. The third-order valence-electron chi connectivity index (χ3n) is 5.45. The van der Waals surface area contributed by atoms with Crippen molar-refractivity contribution in [3.63, 3.8) is 0 Å². The van der Waals surface area contributed by atoms with Crippen LogP contribution in [0.15, 0.2) is 35.9 Å². The van der Waals surface area contributed by atoms with Crippen molar-refractivity contribution in [2.24, 2.45) is 5.92 Å². The summed E-state index contributed by atoms with van der Waals surface area (Å²) in [6.07, 6.45) is 5.06. The normalized spacial score (nSPS) is 35.4. The van der Waals surface area contributed by atoms with Gasteiger partial charge in [0.2, 0.25) is 0 Å². The molecular formula is C20H23O4Y-. The number of hydrogen-bond donors (Lipinski definition) is 0. The van der Waals surface area contributed by atoms with E-state index in [-0.39, 0.29) is 57.5 Å². The zero-order chi connectivity index (χ0) is 16.9. The first-order valence-corrected chi connectivity index (χ1v) is 8.71. The van der Waals surface area contributed by atoms with Gasteiger partial charge in [-0.2, -0.15) is 0 Å². The molecule has 5 unspecified atom stereocenters. The molecule has 25 heavy (non-hydrogen) atoms. The standard InChI is InChI=1S/C20H23O4.Y/c1-4-13(2)10-20-15(11-19(3,24-20)16-17(20)23-16)18(21)22-12-14-8-6-5-7-9-14;/h5-9,13,16-17H,4,10,12H2,1-3H3;/q-1;. The molecule has 0 amide bonds. The molecule has 0 saturated carbocycles. The van der Waals surface area contributed by atoms with Crippen molar-refractivity contribution in [1.82, 2.24) is 0 Å². The van der Waals surface area contributed by atoms with Crippen LogP contribution in [0.1, 0.15) is 39.2 Å². The van der Waals surface area contributed by atoms with E-state index in [1.165, 1.54) is 0 Å². The number of carbonyl (C=O) groups is 1. The van der Waals surface area contributed by atoms with Gasteiger partial charge < -0.3 is 19.0 Å². The molecule has 2 saturated heterocycles. The summed E-state index contributed by atoms with van der Waals surface area (Å²) < 4.78 is 17.7. The molecule has 2 bridgehead atoms. The summed E-state index contributed by atoms with van der Waals surface area (Å²) in [5.74, 6) is 0.105. The van der Waals surface area contributed by atoms with E-state index in [1.54, 1.807) is 0 Å². The summed E-state index contributed by atoms with van der Waals surface area (Å²) in [5.41, 5.74) is 0.209. The zero-order valence-electron chi connectivity index (χ0n) is 15.0. The molecule has 5 heteroatoms. The fraction of sp³-hybridized carbons (Fsp3) is 0.550. The number of ether oxygens (including phenoxy) is 3. The second kappa shape index (κ2) is 6.88. The van der Waals surface area contributed by atoms with Crippen molar-refractivity contribution in [2.45, 2.75) is 63.6 Å². The Bertz CT molecular complexity index is 688. The van der Waals surface area contributed by atoms with Crippen LogP contribution in [0.25, 0.3) is 0 Å². The molecule has 3 aliphatic rings. The van der Waals surface area contributed by atoms with Gasteiger partial charge in [0.15, 0.2) is 5.97 Å². The predicted molar refractivity (Wildman–Crippen MR) is 87.9 cm³/mol. The van der Waals surface area contributed by atoms with E-state index in [9.17, 15) is 4.79 Å². The minimum Gasteiger partial charge on any atom is -0.543 e. The Morgan fingerprint density at radius 3 is 2.68 bits per heavy atom. The molecule has 5 atom stereocenters. The minimum absolute atomic E-state index is 0. The summed E-state index contributed by atoms with van der Waals surface area (Å²) in [6, 6.07) is 9.70. The summed E-state index contributed by atoms with van der Waals surface area (Å²) in [7, 11) is 0. The SMILES string of the molecule is CCC(C)CC12OC(C)([C-]=C1C(=O)OCc1ccccc1)C1OC12.[Y]. The Morgan fingerprint density at radius 2 is 2.04 bits per heavy atom. The summed E-state index contributed by atoms with van der Waals surface area (Å²) in [6.45, 7) is 6.54. The van der Waals surface area contributed by atoms with E-state index in [0.717, 1.165) is 18.4 Å².